The zero-order valence-electron chi connectivity index (χ0n) is 7.10. The summed E-state index contributed by atoms with van der Waals surface area (Å²) in [6.07, 6.45) is 0. The first-order valence-electron chi connectivity index (χ1n) is 3.90. The summed E-state index contributed by atoms with van der Waals surface area (Å²) in [5.74, 6) is -0.121. The molecule has 2 rings (SSSR count). The van der Waals surface area contributed by atoms with Gasteiger partial charge in [0, 0.05) is 18.2 Å². The largest absolute Gasteiger partial charge is 0.306 e. The molecule has 0 bridgehead atoms. The lowest BCUT2D eigenvalue weighted by molar-refractivity contribution is 0.595. The molecule has 0 fully saturated rings. The molecule has 0 saturated carbocycles. The van der Waals surface area contributed by atoms with Gasteiger partial charge in [-0.15, -0.1) is 12.4 Å². The van der Waals surface area contributed by atoms with E-state index in [2.05, 4.69) is 21.2 Å². The predicted molar refractivity (Wildman–Crippen MR) is 56.6 cm³/mol. The third-order valence-electron chi connectivity index (χ3n) is 2.28. The monoisotopic (exact) mass is 265 g/mol. The molecule has 1 heterocycles. The van der Waals surface area contributed by atoms with Gasteiger partial charge >= 0.3 is 0 Å². The molecule has 13 heavy (non-hydrogen) atoms. The molecule has 1 atom stereocenters. The minimum Gasteiger partial charge on any atom is -0.306 e. The van der Waals surface area contributed by atoms with E-state index in [1.54, 1.807) is 6.07 Å². The van der Waals surface area contributed by atoms with Gasteiger partial charge in [-0.25, -0.2) is 4.39 Å². The van der Waals surface area contributed by atoms with Crippen molar-refractivity contribution in [1.29, 1.82) is 0 Å². The number of hydrogen-bond donors (Lipinski definition) is 1. The van der Waals surface area contributed by atoms with Crippen molar-refractivity contribution in [3.8, 4) is 0 Å². The summed E-state index contributed by atoms with van der Waals surface area (Å²) >= 11 is 3.17. The van der Waals surface area contributed by atoms with Gasteiger partial charge in [-0.2, -0.15) is 0 Å². The zero-order chi connectivity index (χ0) is 8.72. The summed E-state index contributed by atoms with van der Waals surface area (Å²) in [6.45, 7) is 2.68. The second kappa shape index (κ2) is 3.95. The van der Waals surface area contributed by atoms with E-state index in [0.717, 1.165) is 11.1 Å². The Hall–Kier alpha value is -0.120. The molecule has 0 radical (unpaired) electrons. The molecule has 0 aromatic heterocycles. The van der Waals surface area contributed by atoms with Crippen molar-refractivity contribution in [1.82, 2.24) is 5.32 Å². The van der Waals surface area contributed by atoms with Crippen molar-refractivity contribution < 1.29 is 4.39 Å². The summed E-state index contributed by atoms with van der Waals surface area (Å²) in [6, 6.07) is 4.01. The van der Waals surface area contributed by atoms with E-state index < -0.39 is 0 Å². The maximum Gasteiger partial charge on any atom is 0.142 e. The molecular formula is C9H10BrClFN. The van der Waals surface area contributed by atoms with Crippen molar-refractivity contribution in [2.24, 2.45) is 0 Å². The van der Waals surface area contributed by atoms with Crippen LogP contribution in [0.1, 0.15) is 24.1 Å². The fourth-order valence-electron chi connectivity index (χ4n) is 1.56. The molecule has 0 saturated heterocycles. The third-order valence-corrected chi connectivity index (χ3v) is 2.90. The van der Waals surface area contributed by atoms with Gasteiger partial charge in [-0.3, -0.25) is 0 Å². The van der Waals surface area contributed by atoms with Crippen LogP contribution in [0.15, 0.2) is 16.6 Å². The maximum atomic E-state index is 13.4. The lowest BCUT2D eigenvalue weighted by Crippen LogP contribution is -2.06. The molecule has 1 aromatic carbocycles. The van der Waals surface area contributed by atoms with Gasteiger partial charge in [0.2, 0.25) is 0 Å². The van der Waals surface area contributed by atoms with Crippen molar-refractivity contribution >= 4 is 28.3 Å². The smallest absolute Gasteiger partial charge is 0.142 e. The van der Waals surface area contributed by atoms with Gasteiger partial charge in [0.15, 0.2) is 0 Å². The van der Waals surface area contributed by atoms with E-state index in [1.807, 2.05) is 13.0 Å². The second-order valence-corrected chi connectivity index (χ2v) is 3.89. The van der Waals surface area contributed by atoms with E-state index in [-0.39, 0.29) is 24.3 Å². The lowest BCUT2D eigenvalue weighted by atomic mass is 10.1. The second-order valence-electron chi connectivity index (χ2n) is 3.03. The summed E-state index contributed by atoms with van der Waals surface area (Å²) in [5.41, 5.74) is 1.88. The van der Waals surface area contributed by atoms with Crippen LogP contribution in [-0.2, 0) is 6.54 Å². The van der Waals surface area contributed by atoms with Crippen LogP contribution in [0.3, 0.4) is 0 Å². The highest BCUT2D eigenvalue weighted by Crippen LogP contribution is 2.30. The fraction of sp³-hybridized carbons (Fsp3) is 0.333. The van der Waals surface area contributed by atoms with Crippen LogP contribution >= 0.6 is 28.3 Å². The Morgan fingerprint density at radius 2 is 2.23 bits per heavy atom. The van der Waals surface area contributed by atoms with E-state index in [4.69, 9.17) is 0 Å². The topological polar surface area (TPSA) is 12.0 Å². The molecule has 0 aliphatic carbocycles. The van der Waals surface area contributed by atoms with Gasteiger partial charge in [0.25, 0.3) is 0 Å². The van der Waals surface area contributed by atoms with Crippen LogP contribution in [0.2, 0.25) is 0 Å². The van der Waals surface area contributed by atoms with Crippen LogP contribution < -0.4 is 5.32 Å². The third kappa shape index (κ3) is 1.73. The van der Waals surface area contributed by atoms with E-state index >= 15 is 0 Å². The highest BCUT2D eigenvalue weighted by molar-refractivity contribution is 9.10. The van der Waals surface area contributed by atoms with Gasteiger partial charge in [-0.1, -0.05) is 6.07 Å². The quantitative estimate of drug-likeness (QED) is 0.760. The molecule has 0 amide bonds. The number of fused-ring (bicyclic) bond motifs is 1. The number of nitrogens with one attached hydrogen (secondary N) is 1. The summed E-state index contributed by atoms with van der Waals surface area (Å²) in [5, 5.41) is 3.19. The molecule has 1 aromatic rings. The molecular weight excluding hydrogens is 256 g/mol. The highest BCUT2D eigenvalue weighted by atomic mass is 79.9. The van der Waals surface area contributed by atoms with E-state index in [9.17, 15) is 4.39 Å². The van der Waals surface area contributed by atoms with E-state index in [0.29, 0.717) is 11.0 Å². The van der Waals surface area contributed by atoms with Gasteiger partial charge in [-0.05, 0) is 34.5 Å². The molecule has 1 N–H and O–H groups in total. The SMILES string of the molecule is C[C@H]1NCc2c1ccc(Br)c2F.Cl. The van der Waals surface area contributed by atoms with Crippen LogP contribution in [0.25, 0.3) is 0 Å². The van der Waals surface area contributed by atoms with Crippen molar-refractivity contribution in [2.45, 2.75) is 19.5 Å². The first-order chi connectivity index (χ1) is 5.70. The Morgan fingerprint density at radius 1 is 1.54 bits per heavy atom. The van der Waals surface area contributed by atoms with Gasteiger partial charge in [0.1, 0.15) is 5.82 Å². The summed E-state index contributed by atoms with van der Waals surface area (Å²) in [7, 11) is 0. The Balaban J connectivity index is 0.000000845. The average Bonchev–Trinajstić information content (AvgIpc) is 2.41. The van der Waals surface area contributed by atoms with Crippen molar-refractivity contribution in [3.63, 3.8) is 0 Å². The predicted octanol–water partition coefficient (Wildman–Crippen LogP) is 3.17. The zero-order valence-corrected chi connectivity index (χ0v) is 9.51. The lowest BCUT2D eigenvalue weighted by Gasteiger charge is -2.04. The highest BCUT2D eigenvalue weighted by Gasteiger charge is 2.21. The molecule has 1 nitrogen and oxygen atoms in total. The first kappa shape index (κ1) is 11.0. The molecule has 72 valence electrons. The molecule has 0 unspecified atom stereocenters. The van der Waals surface area contributed by atoms with Crippen LogP contribution in [-0.4, -0.2) is 0 Å². The van der Waals surface area contributed by atoms with Crippen molar-refractivity contribution in [2.75, 3.05) is 0 Å². The molecule has 0 spiro atoms. The Labute approximate surface area is 91.3 Å². The van der Waals surface area contributed by atoms with Crippen LogP contribution in [0, 0.1) is 5.82 Å². The minimum absolute atomic E-state index is 0. The Bertz CT molecular complexity index is 330. The number of halogens is 3. The first-order valence-corrected chi connectivity index (χ1v) is 4.69. The minimum atomic E-state index is -0.121. The van der Waals surface area contributed by atoms with Crippen LogP contribution in [0.4, 0.5) is 4.39 Å². The number of rotatable bonds is 0. The molecule has 4 heteroatoms. The van der Waals surface area contributed by atoms with Crippen LogP contribution in [0.5, 0.6) is 0 Å². The summed E-state index contributed by atoms with van der Waals surface area (Å²) < 4.78 is 13.9. The standard InChI is InChI=1S/C9H9BrFN.ClH/c1-5-6-2-3-8(10)9(11)7(6)4-12-5;/h2-3,5,12H,4H2,1H3;1H/t5-;/m1./s1. The Kier molecular flexibility index (Phi) is 3.33. The fourth-order valence-corrected chi connectivity index (χ4v) is 1.93. The number of benzene rings is 1. The molecule has 1 aliphatic rings. The van der Waals surface area contributed by atoms with Crippen molar-refractivity contribution in [3.05, 3.63) is 33.5 Å². The Morgan fingerprint density at radius 3 is 2.92 bits per heavy atom. The van der Waals surface area contributed by atoms with Gasteiger partial charge < -0.3 is 5.32 Å². The average molecular weight is 267 g/mol. The van der Waals surface area contributed by atoms with E-state index in [1.165, 1.54) is 0 Å². The normalized spacial score (nSPS) is 19.5. The summed E-state index contributed by atoms with van der Waals surface area (Å²) in [4.78, 5) is 0. The number of hydrogen-bond acceptors (Lipinski definition) is 1. The van der Waals surface area contributed by atoms with Gasteiger partial charge in [0.05, 0.1) is 4.47 Å². The molecule has 1 aliphatic heterocycles. The maximum absolute atomic E-state index is 13.4.